The van der Waals surface area contributed by atoms with Crippen LogP contribution in [0.25, 0.3) is 0 Å². The fourth-order valence-corrected chi connectivity index (χ4v) is 2.49. The summed E-state index contributed by atoms with van der Waals surface area (Å²) < 4.78 is 0. The van der Waals surface area contributed by atoms with E-state index in [4.69, 9.17) is 18.0 Å². The van der Waals surface area contributed by atoms with Crippen LogP contribution in [0.4, 0.5) is 5.82 Å². The maximum absolute atomic E-state index is 5.83. The standard InChI is InChI=1S/C13H20N4S/c1-7-5-10(7)6-17(4)13-11(12(14)18)8(2)9(3)15-16-13/h7,10H,5-6H2,1-4H3,(H2,14,18). The molecule has 1 fully saturated rings. The van der Waals surface area contributed by atoms with Crippen molar-refractivity contribution in [2.75, 3.05) is 18.5 Å². The van der Waals surface area contributed by atoms with E-state index in [1.54, 1.807) is 0 Å². The van der Waals surface area contributed by atoms with Crippen molar-refractivity contribution in [1.82, 2.24) is 10.2 Å². The summed E-state index contributed by atoms with van der Waals surface area (Å²) >= 11 is 5.15. The Morgan fingerprint density at radius 3 is 2.56 bits per heavy atom. The van der Waals surface area contributed by atoms with Crippen LogP contribution in [-0.2, 0) is 0 Å². The van der Waals surface area contributed by atoms with Gasteiger partial charge in [0.25, 0.3) is 0 Å². The topological polar surface area (TPSA) is 55.0 Å². The second-order valence-corrected chi connectivity index (χ2v) is 5.77. The summed E-state index contributed by atoms with van der Waals surface area (Å²) in [6, 6.07) is 0. The third-order valence-corrected chi connectivity index (χ3v) is 4.03. The van der Waals surface area contributed by atoms with Gasteiger partial charge in [-0.25, -0.2) is 0 Å². The molecule has 1 aromatic rings. The number of hydrogen-bond acceptors (Lipinski definition) is 4. The van der Waals surface area contributed by atoms with E-state index in [0.29, 0.717) is 4.99 Å². The van der Waals surface area contributed by atoms with Crippen LogP contribution in [0.15, 0.2) is 0 Å². The second-order valence-electron chi connectivity index (χ2n) is 5.33. The summed E-state index contributed by atoms with van der Waals surface area (Å²) in [7, 11) is 2.03. The Kier molecular flexibility index (Phi) is 3.52. The molecule has 4 nitrogen and oxygen atoms in total. The molecule has 1 heterocycles. The van der Waals surface area contributed by atoms with Gasteiger partial charge in [0, 0.05) is 13.6 Å². The van der Waals surface area contributed by atoms with Gasteiger partial charge in [0.15, 0.2) is 5.82 Å². The van der Waals surface area contributed by atoms with Gasteiger partial charge in [-0.1, -0.05) is 19.1 Å². The summed E-state index contributed by atoms with van der Waals surface area (Å²) in [5.74, 6) is 2.39. The fourth-order valence-electron chi connectivity index (χ4n) is 2.25. The zero-order valence-corrected chi connectivity index (χ0v) is 12.2. The third kappa shape index (κ3) is 2.46. The molecule has 2 rings (SSSR count). The molecule has 1 aliphatic rings. The number of aromatic nitrogens is 2. The maximum atomic E-state index is 5.83. The van der Waals surface area contributed by atoms with Gasteiger partial charge in [-0.15, -0.1) is 5.10 Å². The molecule has 0 spiro atoms. The average molecular weight is 264 g/mol. The number of nitrogens with two attached hydrogens (primary N) is 1. The predicted molar refractivity (Wildman–Crippen MR) is 77.9 cm³/mol. The van der Waals surface area contributed by atoms with Crippen LogP contribution in [0.2, 0.25) is 0 Å². The molecule has 1 aromatic heterocycles. The molecule has 0 bridgehead atoms. The second kappa shape index (κ2) is 4.80. The Hall–Kier alpha value is -1.23. The normalized spacial score (nSPS) is 21.8. The molecular weight excluding hydrogens is 244 g/mol. The summed E-state index contributed by atoms with van der Waals surface area (Å²) in [6.07, 6.45) is 1.30. The molecule has 98 valence electrons. The molecule has 0 radical (unpaired) electrons. The smallest absolute Gasteiger partial charge is 0.161 e. The summed E-state index contributed by atoms with van der Waals surface area (Å²) in [5, 5.41) is 8.46. The lowest BCUT2D eigenvalue weighted by molar-refractivity contribution is 0.712. The number of aryl methyl sites for hydroxylation is 1. The van der Waals surface area contributed by atoms with E-state index in [9.17, 15) is 0 Å². The van der Waals surface area contributed by atoms with Gasteiger partial charge in [0.2, 0.25) is 0 Å². The Balaban J connectivity index is 2.31. The third-order valence-electron chi connectivity index (χ3n) is 3.83. The quantitative estimate of drug-likeness (QED) is 0.841. The molecule has 5 heteroatoms. The van der Waals surface area contributed by atoms with Crippen LogP contribution in [0.5, 0.6) is 0 Å². The van der Waals surface area contributed by atoms with Gasteiger partial charge in [-0.3, -0.25) is 0 Å². The minimum Gasteiger partial charge on any atom is -0.389 e. The SMILES string of the molecule is Cc1nnc(N(C)CC2CC2C)c(C(N)=S)c1C. The number of thiocarbonyl (C=S) groups is 1. The first kappa shape index (κ1) is 13.2. The lowest BCUT2D eigenvalue weighted by Gasteiger charge is -2.22. The van der Waals surface area contributed by atoms with Crippen molar-refractivity contribution < 1.29 is 0 Å². The zero-order chi connectivity index (χ0) is 13.4. The maximum Gasteiger partial charge on any atom is 0.161 e. The molecule has 18 heavy (non-hydrogen) atoms. The van der Waals surface area contributed by atoms with Crippen LogP contribution in [0.1, 0.15) is 30.2 Å². The van der Waals surface area contributed by atoms with E-state index in [2.05, 4.69) is 22.0 Å². The van der Waals surface area contributed by atoms with E-state index in [1.165, 1.54) is 6.42 Å². The molecule has 2 N–H and O–H groups in total. The average Bonchev–Trinajstić information content (AvgIpc) is 2.97. The first-order valence-electron chi connectivity index (χ1n) is 6.26. The zero-order valence-electron chi connectivity index (χ0n) is 11.4. The first-order chi connectivity index (χ1) is 8.41. The molecule has 2 unspecified atom stereocenters. The minimum absolute atomic E-state index is 0.399. The van der Waals surface area contributed by atoms with Crippen molar-refractivity contribution in [2.45, 2.75) is 27.2 Å². The van der Waals surface area contributed by atoms with Crippen LogP contribution < -0.4 is 10.6 Å². The molecule has 0 aliphatic heterocycles. The van der Waals surface area contributed by atoms with Gasteiger partial charge in [0.05, 0.1) is 11.3 Å². The minimum atomic E-state index is 0.399. The Bertz CT molecular complexity index is 486. The van der Waals surface area contributed by atoms with Gasteiger partial charge in [0.1, 0.15) is 4.99 Å². The number of hydrogen-bond donors (Lipinski definition) is 1. The molecule has 1 aliphatic carbocycles. The van der Waals surface area contributed by atoms with Gasteiger partial charge < -0.3 is 10.6 Å². The van der Waals surface area contributed by atoms with Crippen LogP contribution in [0, 0.1) is 25.7 Å². The van der Waals surface area contributed by atoms with Gasteiger partial charge in [-0.05, 0) is 37.7 Å². The highest BCUT2D eigenvalue weighted by atomic mass is 32.1. The monoisotopic (exact) mass is 264 g/mol. The van der Waals surface area contributed by atoms with Crippen molar-refractivity contribution in [2.24, 2.45) is 17.6 Å². The molecule has 1 saturated carbocycles. The molecule has 0 aromatic carbocycles. The molecule has 2 atom stereocenters. The predicted octanol–water partition coefficient (Wildman–Crippen LogP) is 1.82. The van der Waals surface area contributed by atoms with Crippen molar-refractivity contribution in [3.05, 3.63) is 16.8 Å². The molecule has 0 amide bonds. The summed E-state index contributed by atoms with van der Waals surface area (Å²) in [4.78, 5) is 2.53. The van der Waals surface area contributed by atoms with Crippen molar-refractivity contribution in [1.29, 1.82) is 0 Å². The van der Waals surface area contributed by atoms with Gasteiger partial charge >= 0.3 is 0 Å². The van der Waals surface area contributed by atoms with E-state index in [0.717, 1.165) is 41.0 Å². The summed E-state index contributed by atoms with van der Waals surface area (Å²) in [5.41, 5.74) is 8.62. The Morgan fingerprint density at radius 1 is 1.44 bits per heavy atom. The Labute approximate surface area is 114 Å². The van der Waals surface area contributed by atoms with E-state index in [-0.39, 0.29) is 0 Å². The molecule has 0 saturated heterocycles. The summed E-state index contributed by atoms with van der Waals surface area (Å²) in [6.45, 7) is 7.19. The van der Waals surface area contributed by atoms with Crippen molar-refractivity contribution in [3.8, 4) is 0 Å². The highest BCUT2D eigenvalue weighted by Crippen LogP contribution is 2.38. The van der Waals surface area contributed by atoms with E-state index < -0.39 is 0 Å². The largest absolute Gasteiger partial charge is 0.389 e. The van der Waals surface area contributed by atoms with Crippen LogP contribution in [-0.4, -0.2) is 28.8 Å². The van der Waals surface area contributed by atoms with E-state index in [1.807, 2.05) is 20.9 Å². The first-order valence-corrected chi connectivity index (χ1v) is 6.67. The van der Waals surface area contributed by atoms with Crippen LogP contribution >= 0.6 is 12.2 Å². The van der Waals surface area contributed by atoms with Crippen molar-refractivity contribution in [3.63, 3.8) is 0 Å². The molecular formula is C13H20N4S. The number of nitrogens with zero attached hydrogens (tertiary/aromatic N) is 3. The number of rotatable bonds is 4. The van der Waals surface area contributed by atoms with Gasteiger partial charge in [-0.2, -0.15) is 5.10 Å². The lowest BCUT2D eigenvalue weighted by atomic mass is 10.1. The lowest BCUT2D eigenvalue weighted by Crippen LogP contribution is -2.27. The fraction of sp³-hybridized carbons (Fsp3) is 0.615. The highest BCUT2D eigenvalue weighted by Gasteiger charge is 2.34. The van der Waals surface area contributed by atoms with Crippen LogP contribution in [0.3, 0.4) is 0 Å². The number of anilines is 1. The Morgan fingerprint density at radius 2 is 2.06 bits per heavy atom. The van der Waals surface area contributed by atoms with Crippen molar-refractivity contribution >= 4 is 23.0 Å². The van der Waals surface area contributed by atoms with E-state index >= 15 is 0 Å². The highest BCUT2D eigenvalue weighted by molar-refractivity contribution is 7.80.